The van der Waals surface area contributed by atoms with Crippen molar-refractivity contribution < 1.29 is 9.53 Å². The third-order valence-electron chi connectivity index (χ3n) is 3.83. The van der Waals surface area contributed by atoms with Crippen LogP contribution >= 0.6 is 0 Å². The number of carbonyl (C=O) groups excluding carboxylic acids is 1. The number of ether oxygens (including phenoxy) is 1. The van der Waals surface area contributed by atoms with Crippen LogP contribution in [-0.2, 0) is 15.1 Å². The molecule has 4 heteroatoms. The summed E-state index contributed by atoms with van der Waals surface area (Å²) in [7, 11) is 1.59. The van der Waals surface area contributed by atoms with E-state index in [9.17, 15) is 10.1 Å². The highest BCUT2D eigenvalue weighted by atomic mass is 16.5. The number of aromatic nitrogens is 1. The monoisotopic (exact) mass is 270 g/mol. The van der Waals surface area contributed by atoms with Gasteiger partial charge in [0.15, 0.2) is 5.78 Å². The largest absolute Gasteiger partial charge is 0.369 e. The SMILES string of the molecule is COC1(c2ccc(C)nc2)C=C(C#N)C(=O)C(C)(C)C1. The first-order valence-electron chi connectivity index (χ1n) is 6.51. The second-order valence-corrected chi connectivity index (χ2v) is 5.84. The zero-order valence-electron chi connectivity index (χ0n) is 12.2. The Morgan fingerprint density at radius 2 is 2.10 bits per heavy atom. The Bertz CT molecular complexity index is 608. The second-order valence-electron chi connectivity index (χ2n) is 5.84. The van der Waals surface area contributed by atoms with Crippen molar-refractivity contribution in [2.45, 2.75) is 32.8 Å². The lowest BCUT2D eigenvalue weighted by molar-refractivity contribution is -0.128. The van der Waals surface area contributed by atoms with Gasteiger partial charge < -0.3 is 4.74 Å². The van der Waals surface area contributed by atoms with E-state index in [2.05, 4.69) is 4.98 Å². The Hall–Kier alpha value is -1.99. The van der Waals surface area contributed by atoms with Gasteiger partial charge in [-0.2, -0.15) is 5.26 Å². The minimum Gasteiger partial charge on any atom is -0.369 e. The molecule has 1 aliphatic rings. The van der Waals surface area contributed by atoms with Crippen LogP contribution in [0, 0.1) is 23.7 Å². The number of nitrogens with zero attached hydrogens (tertiary/aromatic N) is 2. The molecule has 0 N–H and O–H groups in total. The quantitative estimate of drug-likeness (QED) is 0.828. The molecule has 1 atom stereocenters. The summed E-state index contributed by atoms with van der Waals surface area (Å²) >= 11 is 0. The van der Waals surface area contributed by atoms with Gasteiger partial charge in [0.2, 0.25) is 0 Å². The van der Waals surface area contributed by atoms with Gasteiger partial charge in [-0.1, -0.05) is 19.9 Å². The number of Topliss-reactive ketones (excluding diaryl/α,β-unsaturated/α-hetero) is 1. The van der Waals surface area contributed by atoms with Crippen LogP contribution in [0.25, 0.3) is 0 Å². The molecule has 0 saturated heterocycles. The van der Waals surface area contributed by atoms with E-state index >= 15 is 0 Å². The molecule has 1 unspecified atom stereocenters. The van der Waals surface area contributed by atoms with Crippen LogP contribution < -0.4 is 0 Å². The maximum absolute atomic E-state index is 12.2. The summed E-state index contributed by atoms with van der Waals surface area (Å²) in [6.45, 7) is 5.60. The first-order chi connectivity index (χ1) is 9.34. The Kier molecular flexibility index (Phi) is 3.49. The van der Waals surface area contributed by atoms with Crippen LogP contribution in [0.4, 0.5) is 0 Å². The molecule has 0 fully saturated rings. The Morgan fingerprint density at radius 3 is 2.60 bits per heavy atom. The molecule has 0 bridgehead atoms. The van der Waals surface area contributed by atoms with Crippen LogP contribution in [0.3, 0.4) is 0 Å². The number of hydrogen-bond donors (Lipinski definition) is 0. The van der Waals surface area contributed by atoms with Crippen LogP contribution in [0.5, 0.6) is 0 Å². The first-order valence-corrected chi connectivity index (χ1v) is 6.51. The zero-order chi connectivity index (χ0) is 15.0. The summed E-state index contributed by atoms with van der Waals surface area (Å²) in [6, 6.07) is 5.83. The second kappa shape index (κ2) is 4.84. The highest BCUT2D eigenvalue weighted by Crippen LogP contribution is 2.44. The molecule has 0 aliphatic heterocycles. The van der Waals surface area contributed by atoms with E-state index in [1.807, 2.05) is 39.0 Å². The number of hydrogen-bond acceptors (Lipinski definition) is 4. The van der Waals surface area contributed by atoms with Crippen LogP contribution in [0.2, 0.25) is 0 Å². The number of pyridine rings is 1. The maximum atomic E-state index is 12.2. The number of aryl methyl sites for hydroxylation is 1. The molecule has 0 amide bonds. The molecule has 1 aliphatic carbocycles. The average molecular weight is 270 g/mol. The summed E-state index contributed by atoms with van der Waals surface area (Å²) in [5.74, 6) is -0.132. The third kappa shape index (κ3) is 2.25. The smallest absolute Gasteiger partial charge is 0.178 e. The van der Waals surface area contributed by atoms with E-state index in [0.29, 0.717) is 6.42 Å². The van der Waals surface area contributed by atoms with Crippen LogP contribution in [0.15, 0.2) is 30.0 Å². The number of ketones is 1. The highest BCUT2D eigenvalue weighted by Gasteiger charge is 2.46. The lowest BCUT2D eigenvalue weighted by Crippen LogP contribution is -2.42. The van der Waals surface area contributed by atoms with Gasteiger partial charge in [-0.3, -0.25) is 9.78 Å². The van der Waals surface area contributed by atoms with Gasteiger partial charge in [0.25, 0.3) is 0 Å². The number of allylic oxidation sites excluding steroid dienone is 1. The molecule has 0 aromatic carbocycles. The predicted octanol–water partition coefficient (Wildman–Crippen LogP) is 2.68. The fourth-order valence-corrected chi connectivity index (χ4v) is 2.69. The van der Waals surface area contributed by atoms with Crippen molar-refractivity contribution in [3.63, 3.8) is 0 Å². The molecule has 1 aromatic rings. The predicted molar refractivity (Wildman–Crippen MR) is 74.8 cm³/mol. The van der Waals surface area contributed by atoms with E-state index in [1.54, 1.807) is 19.4 Å². The molecular formula is C16H18N2O2. The normalized spacial score (nSPS) is 24.9. The molecule has 0 saturated carbocycles. The maximum Gasteiger partial charge on any atom is 0.178 e. The summed E-state index contributed by atoms with van der Waals surface area (Å²) in [5, 5.41) is 9.20. The van der Waals surface area contributed by atoms with Gasteiger partial charge in [0.05, 0.1) is 5.57 Å². The topological polar surface area (TPSA) is 63.0 Å². The van der Waals surface area contributed by atoms with Crippen molar-refractivity contribution in [2.24, 2.45) is 5.41 Å². The van der Waals surface area contributed by atoms with Crippen LogP contribution in [-0.4, -0.2) is 17.9 Å². The molecule has 104 valence electrons. The summed E-state index contributed by atoms with van der Waals surface area (Å²) in [5.41, 5.74) is 0.516. The van der Waals surface area contributed by atoms with Crippen molar-refractivity contribution in [3.8, 4) is 6.07 Å². The van der Waals surface area contributed by atoms with Gasteiger partial charge in [-0.15, -0.1) is 0 Å². The summed E-state index contributed by atoms with van der Waals surface area (Å²) < 4.78 is 5.70. The molecule has 4 nitrogen and oxygen atoms in total. The van der Waals surface area contributed by atoms with Crippen molar-refractivity contribution >= 4 is 5.78 Å². The summed E-state index contributed by atoms with van der Waals surface area (Å²) in [6.07, 6.45) is 3.87. The summed E-state index contributed by atoms with van der Waals surface area (Å²) in [4.78, 5) is 16.5. The highest BCUT2D eigenvalue weighted by molar-refractivity contribution is 6.04. The fourth-order valence-electron chi connectivity index (χ4n) is 2.69. The number of methoxy groups -OCH3 is 1. The molecular weight excluding hydrogens is 252 g/mol. The Morgan fingerprint density at radius 1 is 1.40 bits per heavy atom. The minimum absolute atomic E-state index is 0.132. The van der Waals surface area contributed by atoms with E-state index in [0.717, 1.165) is 11.3 Å². The van der Waals surface area contributed by atoms with Gasteiger partial charge in [0.1, 0.15) is 11.7 Å². The standard InChI is InChI=1S/C16H18N2O2/c1-11-5-6-13(9-18-11)16(20-4)7-12(8-17)14(19)15(2,3)10-16/h5-7,9H,10H2,1-4H3. The third-order valence-corrected chi connectivity index (χ3v) is 3.83. The molecule has 0 radical (unpaired) electrons. The average Bonchev–Trinajstić information content (AvgIpc) is 2.42. The van der Waals surface area contributed by atoms with Gasteiger partial charge in [0, 0.05) is 30.0 Å². The Labute approximate surface area is 119 Å². The molecule has 1 heterocycles. The van der Waals surface area contributed by atoms with Crippen molar-refractivity contribution in [3.05, 3.63) is 41.2 Å². The van der Waals surface area contributed by atoms with Crippen molar-refractivity contribution in [1.29, 1.82) is 5.26 Å². The lowest BCUT2D eigenvalue weighted by Gasteiger charge is -2.40. The molecule has 0 spiro atoms. The van der Waals surface area contributed by atoms with Gasteiger partial charge in [-0.05, 0) is 25.5 Å². The lowest BCUT2D eigenvalue weighted by atomic mass is 9.68. The van der Waals surface area contributed by atoms with E-state index in [4.69, 9.17) is 4.74 Å². The Balaban J connectivity index is 2.61. The van der Waals surface area contributed by atoms with E-state index in [1.165, 1.54) is 0 Å². The number of carbonyl (C=O) groups is 1. The van der Waals surface area contributed by atoms with Gasteiger partial charge >= 0.3 is 0 Å². The van der Waals surface area contributed by atoms with E-state index < -0.39 is 11.0 Å². The van der Waals surface area contributed by atoms with Crippen molar-refractivity contribution in [2.75, 3.05) is 7.11 Å². The van der Waals surface area contributed by atoms with E-state index in [-0.39, 0.29) is 11.4 Å². The minimum atomic E-state index is -0.775. The number of rotatable bonds is 2. The zero-order valence-corrected chi connectivity index (χ0v) is 12.2. The number of nitriles is 1. The molecule has 1 aromatic heterocycles. The van der Waals surface area contributed by atoms with Crippen LogP contribution in [0.1, 0.15) is 31.5 Å². The van der Waals surface area contributed by atoms with Gasteiger partial charge in [-0.25, -0.2) is 0 Å². The molecule has 20 heavy (non-hydrogen) atoms. The van der Waals surface area contributed by atoms with Crippen molar-refractivity contribution in [1.82, 2.24) is 4.98 Å². The first kappa shape index (κ1) is 14.4. The fraction of sp³-hybridized carbons (Fsp3) is 0.438. The molecule has 2 rings (SSSR count).